The third-order valence-corrected chi connectivity index (χ3v) is 4.71. The summed E-state index contributed by atoms with van der Waals surface area (Å²) in [6, 6.07) is 7.76. The van der Waals surface area contributed by atoms with Gasteiger partial charge in [-0.15, -0.1) is 0 Å². The molecule has 3 nitrogen and oxygen atoms in total. The van der Waals surface area contributed by atoms with Gasteiger partial charge in [0.15, 0.2) is 0 Å². The van der Waals surface area contributed by atoms with E-state index in [-0.39, 0.29) is 6.04 Å². The SMILES string of the molecule is CCC(N)Cc1ccc(N2CCCN(C)CC2C)cc1C. The maximum Gasteiger partial charge on any atom is 0.0388 e. The van der Waals surface area contributed by atoms with Gasteiger partial charge in [-0.1, -0.05) is 13.0 Å². The fourth-order valence-electron chi connectivity index (χ4n) is 3.27. The highest BCUT2D eigenvalue weighted by atomic mass is 15.2. The molecule has 0 saturated carbocycles. The number of benzene rings is 1. The zero-order valence-corrected chi connectivity index (χ0v) is 14.1. The first-order valence-electron chi connectivity index (χ1n) is 8.31. The largest absolute Gasteiger partial charge is 0.367 e. The summed E-state index contributed by atoms with van der Waals surface area (Å²) < 4.78 is 0. The van der Waals surface area contributed by atoms with Crippen molar-refractivity contribution in [3.8, 4) is 0 Å². The van der Waals surface area contributed by atoms with E-state index in [4.69, 9.17) is 5.73 Å². The first-order chi connectivity index (χ1) is 10.0. The normalized spacial score (nSPS) is 22.1. The van der Waals surface area contributed by atoms with Crippen LogP contribution >= 0.6 is 0 Å². The van der Waals surface area contributed by atoms with Crippen LogP contribution in [-0.4, -0.2) is 43.7 Å². The summed E-state index contributed by atoms with van der Waals surface area (Å²) in [6.45, 7) is 10.2. The maximum atomic E-state index is 6.10. The van der Waals surface area contributed by atoms with Crippen molar-refractivity contribution in [1.82, 2.24) is 4.90 Å². The highest BCUT2D eigenvalue weighted by molar-refractivity contribution is 5.52. The smallest absolute Gasteiger partial charge is 0.0388 e. The molecule has 1 heterocycles. The molecule has 1 aromatic rings. The Bertz CT molecular complexity index is 458. The molecule has 1 aromatic carbocycles. The van der Waals surface area contributed by atoms with Gasteiger partial charge in [0.2, 0.25) is 0 Å². The Hall–Kier alpha value is -1.06. The van der Waals surface area contributed by atoms with Gasteiger partial charge in [0, 0.05) is 30.9 Å². The van der Waals surface area contributed by atoms with Crippen LogP contribution in [0.1, 0.15) is 37.8 Å². The molecule has 0 spiro atoms. The molecule has 0 bridgehead atoms. The van der Waals surface area contributed by atoms with Crippen LogP contribution in [0, 0.1) is 6.92 Å². The number of likely N-dealkylation sites (N-methyl/N-ethyl adjacent to an activating group) is 1. The summed E-state index contributed by atoms with van der Waals surface area (Å²) in [5, 5.41) is 0. The number of nitrogens with two attached hydrogens (primary N) is 1. The van der Waals surface area contributed by atoms with Crippen molar-refractivity contribution in [2.45, 2.75) is 52.1 Å². The molecule has 1 fully saturated rings. The van der Waals surface area contributed by atoms with Gasteiger partial charge in [0.25, 0.3) is 0 Å². The number of aryl methyl sites for hydroxylation is 1. The monoisotopic (exact) mass is 289 g/mol. The lowest BCUT2D eigenvalue weighted by Crippen LogP contribution is -2.38. The quantitative estimate of drug-likeness (QED) is 0.925. The van der Waals surface area contributed by atoms with Crippen molar-refractivity contribution in [2.24, 2.45) is 5.73 Å². The van der Waals surface area contributed by atoms with Crippen molar-refractivity contribution in [2.75, 3.05) is 31.6 Å². The van der Waals surface area contributed by atoms with Crippen LogP contribution in [-0.2, 0) is 6.42 Å². The van der Waals surface area contributed by atoms with Gasteiger partial charge < -0.3 is 15.5 Å². The Morgan fingerprint density at radius 2 is 2.10 bits per heavy atom. The van der Waals surface area contributed by atoms with E-state index in [1.165, 1.54) is 29.8 Å². The Labute approximate surface area is 130 Å². The Morgan fingerprint density at radius 1 is 1.33 bits per heavy atom. The van der Waals surface area contributed by atoms with Crippen LogP contribution < -0.4 is 10.6 Å². The average Bonchev–Trinajstić information content (AvgIpc) is 2.61. The maximum absolute atomic E-state index is 6.10. The summed E-state index contributed by atoms with van der Waals surface area (Å²) in [6.07, 6.45) is 3.26. The fraction of sp³-hybridized carbons (Fsp3) is 0.667. The van der Waals surface area contributed by atoms with Gasteiger partial charge in [0.1, 0.15) is 0 Å². The zero-order valence-electron chi connectivity index (χ0n) is 14.1. The summed E-state index contributed by atoms with van der Waals surface area (Å²) in [7, 11) is 2.22. The third-order valence-electron chi connectivity index (χ3n) is 4.71. The minimum absolute atomic E-state index is 0.278. The lowest BCUT2D eigenvalue weighted by atomic mass is 9.99. The van der Waals surface area contributed by atoms with E-state index >= 15 is 0 Å². The summed E-state index contributed by atoms with van der Waals surface area (Å²) in [5.41, 5.74) is 10.2. The van der Waals surface area contributed by atoms with Crippen molar-refractivity contribution in [3.05, 3.63) is 29.3 Å². The van der Waals surface area contributed by atoms with Crippen molar-refractivity contribution >= 4 is 5.69 Å². The van der Waals surface area contributed by atoms with E-state index in [0.717, 1.165) is 25.9 Å². The van der Waals surface area contributed by atoms with Gasteiger partial charge in [-0.05, 0) is 70.0 Å². The summed E-state index contributed by atoms with van der Waals surface area (Å²) in [4.78, 5) is 4.99. The highest BCUT2D eigenvalue weighted by Crippen LogP contribution is 2.24. The van der Waals surface area contributed by atoms with Gasteiger partial charge in [-0.2, -0.15) is 0 Å². The molecule has 21 heavy (non-hydrogen) atoms. The van der Waals surface area contributed by atoms with Crippen molar-refractivity contribution < 1.29 is 0 Å². The standard InChI is InChI=1S/C18H31N3/c1-5-17(19)12-16-7-8-18(11-14(16)2)21-10-6-9-20(4)13-15(21)3/h7-8,11,15,17H,5-6,9-10,12-13,19H2,1-4H3. The molecule has 1 aliphatic heterocycles. The molecule has 2 rings (SSSR count). The van der Waals surface area contributed by atoms with E-state index in [0.29, 0.717) is 6.04 Å². The first-order valence-corrected chi connectivity index (χ1v) is 8.31. The molecule has 3 heteroatoms. The van der Waals surface area contributed by atoms with Crippen LogP contribution in [0.2, 0.25) is 0 Å². The van der Waals surface area contributed by atoms with Crippen LogP contribution in [0.3, 0.4) is 0 Å². The molecule has 0 radical (unpaired) electrons. The molecule has 1 aliphatic rings. The molecule has 118 valence electrons. The van der Waals surface area contributed by atoms with Crippen LogP contribution in [0.25, 0.3) is 0 Å². The average molecular weight is 289 g/mol. The molecular formula is C18H31N3. The molecule has 0 aromatic heterocycles. The van der Waals surface area contributed by atoms with Gasteiger partial charge in [-0.25, -0.2) is 0 Å². The Morgan fingerprint density at radius 3 is 2.76 bits per heavy atom. The first kappa shape index (κ1) is 16.3. The highest BCUT2D eigenvalue weighted by Gasteiger charge is 2.20. The molecule has 2 atom stereocenters. The summed E-state index contributed by atoms with van der Waals surface area (Å²) >= 11 is 0. The fourth-order valence-corrected chi connectivity index (χ4v) is 3.27. The predicted molar refractivity (Wildman–Crippen MR) is 92.1 cm³/mol. The molecule has 2 unspecified atom stereocenters. The van der Waals surface area contributed by atoms with E-state index in [9.17, 15) is 0 Å². The van der Waals surface area contributed by atoms with Gasteiger partial charge in [0.05, 0.1) is 0 Å². The molecule has 0 aliphatic carbocycles. The van der Waals surface area contributed by atoms with Crippen LogP contribution in [0.5, 0.6) is 0 Å². The Balaban J connectivity index is 2.15. The minimum Gasteiger partial charge on any atom is -0.367 e. The predicted octanol–water partition coefficient (Wildman–Crippen LogP) is 2.81. The van der Waals surface area contributed by atoms with Crippen molar-refractivity contribution in [3.63, 3.8) is 0 Å². The van der Waals surface area contributed by atoms with Gasteiger partial charge >= 0.3 is 0 Å². The lowest BCUT2D eigenvalue weighted by molar-refractivity contribution is 0.337. The van der Waals surface area contributed by atoms with E-state index in [1.807, 2.05) is 0 Å². The minimum atomic E-state index is 0.278. The van der Waals surface area contributed by atoms with E-state index < -0.39 is 0 Å². The van der Waals surface area contributed by atoms with Crippen LogP contribution in [0.15, 0.2) is 18.2 Å². The molecule has 2 N–H and O–H groups in total. The topological polar surface area (TPSA) is 32.5 Å². The Kier molecular flexibility index (Phi) is 5.65. The van der Waals surface area contributed by atoms with E-state index in [1.54, 1.807) is 0 Å². The van der Waals surface area contributed by atoms with E-state index in [2.05, 4.69) is 55.8 Å². The summed E-state index contributed by atoms with van der Waals surface area (Å²) in [5.74, 6) is 0. The van der Waals surface area contributed by atoms with Gasteiger partial charge in [-0.3, -0.25) is 0 Å². The second-order valence-corrected chi connectivity index (χ2v) is 6.64. The van der Waals surface area contributed by atoms with Crippen molar-refractivity contribution in [1.29, 1.82) is 0 Å². The second kappa shape index (κ2) is 7.28. The van der Waals surface area contributed by atoms with Crippen LogP contribution in [0.4, 0.5) is 5.69 Å². The zero-order chi connectivity index (χ0) is 15.4. The number of rotatable bonds is 4. The molecule has 0 amide bonds. The number of nitrogens with zero attached hydrogens (tertiary/aromatic N) is 2. The second-order valence-electron chi connectivity index (χ2n) is 6.64. The number of anilines is 1. The molecule has 1 saturated heterocycles. The third kappa shape index (κ3) is 4.21. The molecular weight excluding hydrogens is 258 g/mol. The number of hydrogen-bond donors (Lipinski definition) is 1. The lowest BCUT2D eigenvalue weighted by Gasteiger charge is -2.30. The number of hydrogen-bond acceptors (Lipinski definition) is 3.